The summed E-state index contributed by atoms with van der Waals surface area (Å²) in [6.45, 7) is 1.73. The average Bonchev–Trinajstić information content (AvgIpc) is 3.41. The van der Waals surface area contributed by atoms with E-state index in [0.717, 1.165) is 29.4 Å². The molecule has 7 heteroatoms. The van der Waals surface area contributed by atoms with Gasteiger partial charge in [0, 0.05) is 12.6 Å². The van der Waals surface area contributed by atoms with E-state index in [1.54, 1.807) is 0 Å². The zero-order chi connectivity index (χ0) is 18.2. The summed E-state index contributed by atoms with van der Waals surface area (Å²) in [5.74, 6) is 2.35. The minimum absolute atomic E-state index is 0.0422. The molecule has 0 radical (unpaired) electrons. The van der Waals surface area contributed by atoms with Crippen molar-refractivity contribution in [3.8, 4) is 11.5 Å². The second kappa shape index (κ2) is 6.98. The summed E-state index contributed by atoms with van der Waals surface area (Å²) in [5, 5.41) is 1.91. The number of H-pyrrole nitrogens is 1. The zero-order valence-electron chi connectivity index (χ0n) is 14.9. The van der Waals surface area contributed by atoms with E-state index < -0.39 is 0 Å². The minimum Gasteiger partial charge on any atom is -0.454 e. The van der Waals surface area contributed by atoms with Gasteiger partial charge >= 0.3 is 0 Å². The quantitative estimate of drug-likeness (QED) is 0.728. The molecule has 0 saturated heterocycles. The Balaban J connectivity index is 1.42. The average molecular weight is 383 g/mol. The molecule has 3 heterocycles. The molecule has 1 aliphatic carbocycles. The van der Waals surface area contributed by atoms with Crippen molar-refractivity contribution >= 4 is 21.6 Å². The van der Waals surface area contributed by atoms with Gasteiger partial charge in [0.1, 0.15) is 10.5 Å². The lowest BCUT2D eigenvalue weighted by Gasteiger charge is -2.28. The third-order valence-electron chi connectivity index (χ3n) is 5.38. The van der Waals surface area contributed by atoms with Crippen LogP contribution in [0.25, 0.3) is 10.2 Å². The van der Waals surface area contributed by atoms with E-state index in [-0.39, 0.29) is 12.4 Å². The van der Waals surface area contributed by atoms with E-state index in [1.165, 1.54) is 42.6 Å². The molecule has 6 nitrogen and oxygen atoms in total. The summed E-state index contributed by atoms with van der Waals surface area (Å²) >= 11 is 1.44. The lowest BCUT2D eigenvalue weighted by molar-refractivity contribution is 0.172. The van der Waals surface area contributed by atoms with Crippen LogP contribution >= 0.6 is 11.3 Å². The molecule has 1 N–H and O–H groups in total. The van der Waals surface area contributed by atoms with Crippen LogP contribution in [0.15, 0.2) is 34.4 Å². The maximum absolute atomic E-state index is 12.3. The summed E-state index contributed by atoms with van der Waals surface area (Å²) in [5.41, 5.74) is 1.93. The minimum atomic E-state index is -0.0422. The first-order valence-electron chi connectivity index (χ1n) is 9.35. The Morgan fingerprint density at radius 2 is 2.00 bits per heavy atom. The summed E-state index contributed by atoms with van der Waals surface area (Å²) in [6.07, 6.45) is 4.90. The molecule has 0 unspecified atom stereocenters. The van der Waals surface area contributed by atoms with Crippen LogP contribution in [0.1, 0.15) is 37.1 Å². The maximum Gasteiger partial charge on any atom is 0.268 e. The van der Waals surface area contributed by atoms with E-state index in [4.69, 9.17) is 9.47 Å². The van der Waals surface area contributed by atoms with Gasteiger partial charge in [0.2, 0.25) is 6.79 Å². The Bertz CT molecular complexity index is 1020. The van der Waals surface area contributed by atoms with Crippen molar-refractivity contribution in [3.63, 3.8) is 0 Å². The Hall–Kier alpha value is -2.38. The number of aromatic amines is 1. The maximum atomic E-state index is 12.3. The second-order valence-electron chi connectivity index (χ2n) is 7.18. The summed E-state index contributed by atoms with van der Waals surface area (Å²) in [4.78, 5) is 22.4. The smallest absolute Gasteiger partial charge is 0.268 e. The molecule has 0 bridgehead atoms. The molecule has 5 rings (SSSR count). The summed E-state index contributed by atoms with van der Waals surface area (Å²) in [6, 6.07) is 8.55. The van der Waals surface area contributed by atoms with Gasteiger partial charge in [-0.25, -0.2) is 4.98 Å². The fourth-order valence-corrected chi connectivity index (χ4v) is 4.77. The Kier molecular flexibility index (Phi) is 4.33. The molecule has 1 saturated carbocycles. The van der Waals surface area contributed by atoms with Crippen molar-refractivity contribution < 1.29 is 9.47 Å². The van der Waals surface area contributed by atoms with Crippen molar-refractivity contribution in [2.45, 2.75) is 44.8 Å². The topological polar surface area (TPSA) is 67.5 Å². The normalized spacial score (nSPS) is 16.6. The number of hydrogen-bond acceptors (Lipinski definition) is 6. The van der Waals surface area contributed by atoms with Gasteiger partial charge in [0.15, 0.2) is 11.5 Å². The molecular weight excluding hydrogens is 362 g/mol. The number of rotatable bonds is 5. The molecule has 2 aromatic heterocycles. The van der Waals surface area contributed by atoms with Crippen molar-refractivity contribution in [1.29, 1.82) is 0 Å². The third-order valence-corrected chi connectivity index (χ3v) is 6.28. The Labute approximate surface area is 160 Å². The van der Waals surface area contributed by atoms with Gasteiger partial charge < -0.3 is 14.5 Å². The van der Waals surface area contributed by atoms with Crippen molar-refractivity contribution in [2.24, 2.45) is 0 Å². The van der Waals surface area contributed by atoms with Crippen molar-refractivity contribution in [2.75, 3.05) is 6.79 Å². The van der Waals surface area contributed by atoms with E-state index >= 15 is 0 Å². The first-order chi connectivity index (χ1) is 13.3. The largest absolute Gasteiger partial charge is 0.454 e. The zero-order valence-corrected chi connectivity index (χ0v) is 15.8. The number of aromatic nitrogens is 2. The van der Waals surface area contributed by atoms with E-state index in [9.17, 15) is 4.79 Å². The molecule has 27 heavy (non-hydrogen) atoms. The SMILES string of the molecule is O=c1[nH]c(CN(Cc2ccc3c(c2)OCO3)C2CCCC2)nc2ccsc12. The molecule has 3 aromatic rings. The van der Waals surface area contributed by atoms with Crippen LogP contribution in [-0.4, -0.2) is 27.7 Å². The lowest BCUT2D eigenvalue weighted by Crippen LogP contribution is -2.33. The standard InChI is InChI=1S/C20H21N3O3S/c24-20-19-15(7-8-27-19)21-18(22-20)11-23(14-3-1-2-4-14)10-13-5-6-16-17(9-13)26-12-25-16/h5-9,14H,1-4,10-12H2,(H,21,22,24). The first kappa shape index (κ1) is 16.8. The molecule has 0 spiro atoms. The van der Waals surface area contributed by atoms with Gasteiger partial charge in [-0.2, -0.15) is 0 Å². The molecule has 2 aliphatic rings. The van der Waals surface area contributed by atoms with Crippen molar-refractivity contribution in [1.82, 2.24) is 14.9 Å². The fourth-order valence-electron chi connectivity index (χ4n) is 4.05. The molecule has 1 aliphatic heterocycles. The predicted molar refractivity (Wildman–Crippen MR) is 104 cm³/mol. The molecule has 0 atom stereocenters. The molecule has 1 fully saturated rings. The third kappa shape index (κ3) is 3.33. The number of hydrogen-bond donors (Lipinski definition) is 1. The highest BCUT2D eigenvalue weighted by molar-refractivity contribution is 7.17. The number of nitrogens with one attached hydrogen (secondary N) is 1. The molecular formula is C20H21N3O3S. The number of benzene rings is 1. The van der Waals surface area contributed by atoms with Gasteiger partial charge in [0.05, 0.1) is 12.1 Å². The molecule has 140 valence electrons. The Morgan fingerprint density at radius 1 is 1.15 bits per heavy atom. The second-order valence-corrected chi connectivity index (χ2v) is 8.09. The van der Waals surface area contributed by atoms with Gasteiger partial charge in [-0.15, -0.1) is 11.3 Å². The predicted octanol–water partition coefficient (Wildman–Crippen LogP) is 3.66. The van der Waals surface area contributed by atoms with Gasteiger partial charge in [0.25, 0.3) is 5.56 Å². The van der Waals surface area contributed by atoms with Gasteiger partial charge in [-0.05, 0) is 42.0 Å². The van der Waals surface area contributed by atoms with Crippen LogP contribution in [0.5, 0.6) is 11.5 Å². The van der Waals surface area contributed by atoms with E-state index in [2.05, 4.69) is 27.0 Å². The van der Waals surface area contributed by atoms with Crippen LogP contribution < -0.4 is 15.0 Å². The number of ether oxygens (including phenoxy) is 2. The van der Waals surface area contributed by atoms with Crippen LogP contribution in [0.3, 0.4) is 0 Å². The van der Waals surface area contributed by atoms with Crippen LogP contribution in [0.2, 0.25) is 0 Å². The van der Waals surface area contributed by atoms with Crippen LogP contribution in [0, 0.1) is 0 Å². The van der Waals surface area contributed by atoms with Crippen LogP contribution in [0.4, 0.5) is 0 Å². The lowest BCUT2D eigenvalue weighted by atomic mass is 10.1. The monoisotopic (exact) mass is 383 g/mol. The van der Waals surface area contributed by atoms with Crippen molar-refractivity contribution in [3.05, 3.63) is 51.4 Å². The highest BCUT2D eigenvalue weighted by atomic mass is 32.1. The number of thiophene rings is 1. The van der Waals surface area contributed by atoms with E-state index in [1.807, 2.05) is 17.5 Å². The highest BCUT2D eigenvalue weighted by Gasteiger charge is 2.24. The number of fused-ring (bicyclic) bond motifs is 2. The van der Waals surface area contributed by atoms with Gasteiger partial charge in [-0.1, -0.05) is 18.9 Å². The fraction of sp³-hybridized carbons (Fsp3) is 0.400. The van der Waals surface area contributed by atoms with Gasteiger partial charge in [-0.3, -0.25) is 9.69 Å². The summed E-state index contributed by atoms with van der Waals surface area (Å²) < 4.78 is 11.6. The molecule has 1 aromatic carbocycles. The highest BCUT2D eigenvalue weighted by Crippen LogP contribution is 2.34. The summed E-state index contributed by atoms with van der Waals surface area (Å²) in [7, 11) is 0. The van der Waals surface area contributed by atoms with Crippen LogP contribution in [-0.2, 0) is 13.1 Å². The first-order valence-corrected chi connectivity index (χ1v) is 10.2. The van der Waals surface area contributed by atoms with E-state index in [0.29, 0.717) is 17.3 Å². The number of nitrogens with zero attached hydrogens (tertiary/aromatic N) is 2. The molecule has 0 amide bonds. The Morgan fingerprint density at radius 3 is 2.89 bits per heavy atom.